The van der Waals surface area contributed by atoms with Gasteiger partial charge in [0.15, 0.2) is 0 Å². The number of nitrogens with zero attached hydrogens (tertiary/aromatic N) is 2. The van der Waals surface area contributed by atoms with Gasteiger partial charge in [-0.2, -0.15) is 5.10 Å². The minimum absolute atomic E-state index is 0.387. The van der Waals surface area contributed by atoms with Crippen LogP contribution >= 0.6 is 0 Å². The first-order valence-corrected chi connectivity index (χ1v) is 6.97. The molecule has 3 heteroatoms. The number of hydrogen-bond acceptors (Lipinski definition) is 2. The zero-order valence-corrected chi connectivity index (χ0v) is 12.3. The molecule has 1 N–H and O–H groups in total. The molecule has 0 aliphatic carbocycles. The van der Waals surface area contributed by atoms with Crippen molar-refractivity contribution < 1.29 is 0 Å². The Hall–Kier alpha value is -1.61. The summed E-state index contributed by atoms with van der Waals surface area (Å²) < 4.78 is 2.04. The van der Waals surface area contributed by atoms with Gasteiger partial charge in [0, 0.05) is 24.3 Å². The van der Waals surface area contributed by atoms with Crippen molar-refractivity contribution in [1.82, 2.24) is 15.1 Å². The van der Waals surface area contributed by atoms with Crippen molar-refractivity contribution in [2.45, 2.75) is 39.8 Å². The minimum Gasteiger partial charge on any atom is -0.313 e. The highest BCUT2D eigenvalue weighted by atomic mass is 15.3. The molecule has 102 valence electrons. The Morgan fingerprint density at radius 1 is 1.26 bits per heavy atom. The Morgan fingerprint density at radius 2 is 1.95 bits per heavy atom. The highest BCUT2D eigenvalue weighted by Gasteiger charge is 2.08. The van der Waals surface area contributed by atoms with Crippen LogP contribution in [0.25, 0.3) is 11.1 Å². The Bertz CT molecular complexity index is 525. The van der Waals surface area contributed by atoms with Crippen molar-refractivity contribution in [3.8, 4) is 11.1 Å². The highest BCUT2D eigenvalue weighted by molar-refractivity contribution is 5.65. The van der Waals surface area contributed by atoms with Gasteiger partial charge < -0.3 is 5.32 Å². The van der Waals surface area contributed by atoms with Crippen LogP contribution in [0, 0.1) is 6.92 Å². The van der Waals surface area contributed by atoms with Crippen LogP contribution in [-0.4, -0.2) is 16.8 Å². The van der Waals surface area contributed by atoms with Gasteiger partial charge in [0.1, 0.15) is 0 Å². The molecule has 2 rings (SSSR count). The molecule has 1 unspecified atom stereocenters. The Labute approximate surface area is 115 Å². The van der Waals surface area contributed by atoms with Crippen molar-refractivity contribution >= 4 is 0 Å². The van der Waals surface area contributed by atoms with Gasteiger partial charge in [-0.15, -0.1) is 0 Å². The van der Waals surface area contributed by atoms with Crippen LogP contribution in [0.1, 0.15) is 37.6 Å². The van der Waals surface area contributed by atoms with E-state index in [9.17, 15) is 0 Å². The van der Waals surface area contributed by atoms with E-state index in [0.29, 0.717) is 6.04 Å². The number of rotatable bonds is 5. The first kappa shape index (κ1) is 13.8. The van der Waals surface area contributed by atoms with E-state index in [4.69, 9.17) is 0 Å². The van der Waals surface area contributed by atoms with Crippen LogP contribution in [0.2, 0.25) is 0 Å². The molecule has 1 heterocycles. The average molecular weight is 257 g/mol. The molecule has 3 nitrogen and oxygen atoms in total. The van der Waals surface area contributed by atoms with Crippen LogP contribution in [0.15, 0.2) is 30.5 Å². The number of nitrogens with one attached hydrogen (secondary N) is 1. The lowest BCUT2D eigenvalue weighted by molar-refractivity contribution is 0.598. The van der Waals surface area contributed by atoms with Gasteiger partial charge in [0.05, 0.1) is 5.69 Å². The normalized spacial score (nSPS) is 12.6. The molecule has 0 bridgehead atoms. The molecule has 1 aromatic heterocycles. The van der Waals surface area contributed by atoms with Crippen LogP contribution in [0.3, 0.4) is 0 Å². The number of hydrogen-bond donors (Lipinski definition) is 1. The summed E-state index contributed by atoms with van der Waals surface area (Å²) in [6, 6.07) is 9.13. The first-order chi connectivity index (χ1) is 9.15. The fourth-order valence-corrected chi connectivity index (χ4v) is 2.26. The third-order valence-electron chi connectivity index (χ3n) is 3.55. The van der Waals surface area contributed by atoms with Crippen molar-refractivity contribution in [3.63, 3.8) is 0 Å². The lowest BCUT2D eigenvalue weighted by Crippen LogP contribution is -2.11. The fourth-order valence-electron chi connectivity index (χ4n) is 2.26. The van der Waals surface area contributed by atoms with Crippen molar-refractivity contribution in [2.75, 3.05) is 7.05 Å². The van der Waals surface area contributed by atoms with E-state index in [-0.39, 0.29) is 0 Å². The topological polar surface area (TPSA) is 29.9 Å². The molecule has 0 saturated heterocycles. The maximum Gasteiger partial charge on any atom is 0.0672 e. The molecule has 0 aliphatic rings. The molecule has 0 spiro atoms. The lowest BCUT2D eigenvalue weighted by Gasteiger charge is -2.10. The van der Waals surface area contributed by atoms with Gasteiger partial charge >= 0.3 is 0 Å². The van der Waals surface area contributed by atoms with Crippen LogP contribution in [0.5, 0.6) is 0 Å². The van der Waals surface area contributed by atoms with E-state index >= 15 is 0 Å². The van der Waals surface area contributed by atoms with Gasteiger partial charge in [-0.1, -0.05) is 31.2 Å². The summed E-state index contributed by atoms with van der Waals surface area (Å²) in [6.07, 6.45) is 3.26. The largest absolute Gasteiger partial charge is 0.313 e. The second-order valence-corrected chi connectivity index (χ2v) is 5.02. The molecular weight excluding hydrogens is 234 g/mol. The number of benzene rings is 1. The number of aromatic nitrogens is 2. The summed E-state index contributed by atoms with van der Waals surface area (Å²) in [5.74, 6) is 0. The standard InChI is InChI=1S/C16H23N3/c1-5-10-19-11-16(13(3)18-19)15-8-6-14(7-9-15)12(2)17-4/h6-9,11-12,17H,5,10H2,1-4H3. The lowest BCUT2D eigenvalue weighted by atomic mass is 10.0. The minimum atomic E-state index is 0.387. The molecule has 2 aromatic rings. The van der Waals surface area contributed by atoms with Gasteiger partial charge in [0.25, 0.3) is 0 Å². The summed E-state index contributed by atoms with van der Waals surface area (Å²) >= 11 is 0. The van der Waals surface area contributed by atoms with E-state index < -0.39 is 0 Å². The molecule has 0 saturated carbocycles. The monoisotopic (exact) mass is 257 g/mol. The van der Waals surface area contributed by atoms with E-state index in [1.165, 1.54) is 16.7 Å². The van der Waals surface area contributed by atoms with Gasteiger partial charge in [0.2, 0.25) is 0 Å². The maximum atomic E-state index is 4.55. The molecule has 1 aromatic carbocycles. The molecule has 0 amide bonds. The first-order valence-electron chi connectivity index (χ1n) is 6.97. The van der Waals surface area contributed by atoms with Gasteiger partial charge in [-0.05, 0) is 38.4 Å². The van der Waals surface area contributed by atoms with Crippen LogP contribution in [0.4, 0.5) is 0 Å². The molecule has 0 radical (unpaired) electrons. The van der Waals surface area contributed by atoms with Crippen LogP contribution < -0.4 is 5.32 Å². The SMILES string of the molecule is CCCn1cc(-c2ccc(C(C)NC)cc2)c(C)n1. The van der Waals surface area contributed by atoms with E-state index in [1.807, 2.05) is 11.7 Å². The van der Waals surface area contributed by atoms with Crippen LogP contribution in [-0.2, 0) is 6.54 Å². The predicted octanol–water partition coefficient (Wildman–Crippen LogP) is 3.55. The molecule has 19 heavy (non-hydrogen) atoms. The quantitative estimate of drug-likeness (QED) is 0.887. The zero-order valence-electron chi connectivity index (χ0n) is 12.3. The third-order valence-corrected chi connectivity index (χ3v) is 3.55. The van der Waals surface area contributed by atoms with E-state index in [0.717, 1.165) is 18.7 Å². The summed E-state index contributed by atoms with van der Waals surface area (Å²) in [5, 5.41) is 7.81. The van der Waals surface area contributed by atoms with Crippen molar-refractivity contribution in [3.05, 3.63) is 41.7 Å². The van der Waals surface area contributed by atoms with E-state index in [2.05, 4.69) is 61.6 Å². The Kier molecular flexibility index (Phi) is 4.38. The molecule has 1 atom stereocenters. The third kappa shape index (κ3) is 3.04. The van der Waals surface area contributed by atoms with E-state index in [1.54, 1.807) is 0 Å². The molecular formula is C16H23N3. The van der Waals surface area contributed by atoms with Gasteiger partial charge in [-0.25, -0.2) is 0 Å². The Balaban J connectivity index is 2.26. The second kappa shape index (κ2) is 6.02. The summed E-state index contributed by atoms with van der Waals surface area (Å²) in [6.45, 7) is 7.39. The average Bonchev–Trinajstić information content (AvgIpc) is 2.79. The fraction of sp³-hybridized carbons (Fsp3) is 0.438. The zero-order chi connectivity index (χ0) is 13.8. The molecule has 0 aliphatic heterocycles. The Morgan fingerprint density at radius 3 is 2.53 bits per heavy atom. The van der Waals surface area contributed by atoms with Gasteiger partial charge in [-0.3, -0.25) is 4.68 Å². The predicted molar refractivity (Wildman–Crippen MR) is 80.2 cm³/mol. The number of aryl methyl sites for hydroxylation is 2. The highest BCUT2D eigenvalue weighted by Crippen LogP contribution is 2.24. The summed E-state index contributed by atoms with van der Waals surface area (Å²) in [4.78, 5) is 0. The smallest absolute Gasteiger partial charge is 0.0672 e. The van der Waals surface area contributed by atoms with Crippen molar-refractivity contribution in [1.29, 1.82) is 0 Å². The van der Waals surface area contributed by atoms with Crippen molar-refractivity contribution in [2.24, 2.45) is 0 Å². The molecule has 0 fully saturated rings. The second-order valence-electron chi connectivity index (χ2n) is 5.02. The summed E-state index contributed by atoms with van der Waals surface area (Å²) in [5.41, 5.74) is 4.89. The maximum absolute atomic E-state index is 4.55. The summed E-state index contributed by atoms with van der Waals surface area (Å²) in [7, 11) is 1.98.